The summed E-state index contributed by atoms with van der Waals surface area (Å²) in [6.07, 6.45) is 1.60. The van der Waals surface area contributed by atoms with Crippen LogP contribution in [-0.4, -0.2) is 53.9 Å². The van der Waals surface area contributed by atoms with Crippen LogP contribution in [0.15, 0.2) is 35.3 Å². The Labute approximate surface area is 153 Å². The summed E-state index contributed by atoms with van der Waals surface area (Å²) in [5.74, 6) is 0. The molecule has 1 N–H and O–H groups in total. The minimum absolute atomic E-state index is 0.196. The van der Waals surface area contributed by atoms with Gasteiger partial charge in [0.2, 0.25) is 0 Å². The smallest absolute Gasteiger partial charge is 0.287 e. The van der Waals surface area contributed by atoms with Gasteiger partial charge in [0.25, 0.3) is 5.56 Å². The first-order chi connectivity index (χ1) is 12.0. The van der Waals surface area contributed by atoms with Crippen molar-refractivity contribution in [3.63, 3.8) is 0 Å². The first kappa shape index (κ1) is 17.8. The Morgan fingerprint density at radius 3 is 2.72 bits per heavy atom. The standard InChI is InChI=1S/C18H24ClN5O/c1-14-4-3-5-15(12-14)24-10-8-23(9-11-24)7-6-20-16-13-21-22(2)18(25)17(16)19/h3-5,12-13,20H,6-11H2,1-2H3. The van der Waals surface area contributed by atoms with Crippen LogP contribution in [0, 0.1) is 6.92 Å². The highest BCUT2D eigenvalue weighted by Crippen LogP contribution is 2.18. The van der Waals surface area contributed by atoms with E-state index in [4.69, 9.17) is 11.6 Å². The van der Waals surface area contributed by atoms with E-state index in [9.17, 15) is 4.79 Å². The minimum atomic E-state index is -0.279. The van der Waals surface area contributed by atoms with E-state index in [-0.39, 0.29) is 10.6 Å². The van der Waals surface area contributed by atoms with Gasteiger partial charge in [-0.05, 0) is 24.6 Å². The number of benzene rings is 1. The molecule has 1 aliphatic heterocycles. The number of piperazine rings is 1. The molecule has 1 saturated heterocycles. The summed E-state index contributed by atoms with van der Waals surface area (Å²) in [5.41, 5.74) is 2.92. The van der Waals surface area contributed by atoms with Crippen molar-refractivity contribution in [2.75, 3.05) is 49.5 Å². The van der Waals surface area contributed by atoms with Crippen molar-refractivity contribution >= 4 is 23.0 Å². The van der Waals surface area contributed by atoms with Crippen LogP contribution in [0.1, 0.15) is 5.56 Å². The molecule has 1 aromatic carbocycles. The van der Waals surface area contributed by atoms with Crippen molar-refractivity contribution in [2.24, 2.45) is 7.05 Å². The molecule has 134 valence electrons. The Kier molecular flexibility index (Phi) is 5.60. The molecule has 1 aliphatic rings. The van der Waals surface area contributed by atoms with Crippen molar-refractivity contribution in [1.29, 1.82) is 0 Å². The molecular formula is C18H24ClN5O. The van der Waals surface area contributed by atoms with Gasteiger partial charge in [-0.3, -0.25) is 9.69 Å². The summed E-state index contributed by atoms with van der Waals surface area (Å²) >= 11 is 6.06. The maximum Gasteiger partial charge on any atom is 0.287 e. The summed E-state index contributed by atoms with van der Waals surface area (Å²) in [6.45, 7) is 7.88. The molecule has 0 amide bonds. The van der Waals surface area contributed by atoms with Gasteiger partial charge in [-0.15, -0.1) is 0 Å². The number of halogens is 1. The SMILES string of the molecule is Cc1cccc(N2CCN(CCNc3cnn(C)c(=O)c3Cl)CC2)c1. The molecular weight excluding hydrogens is 338 g/mol. The Balaban J connectivity index is 1.47. The fraction of sp³-hybridized carbons (Fsp3) is 0.444. The van der Waals surface area contributed by atoms with Crippen LogP contribution < -0.4 is 15.8 Å². The van der Waals surface area contributed by atoms with Crippen molar-refractivity contribution in [3.8, 4) is 0 Å². The Morgan fingerprint density at radius 1 is 1.24 bits per heavy atom. The van der Waals surface area contributed by atoms with Gasteiger partial charge in [0, 0.05) is 52.0 Å². The van der Waals surface area contributed by atoms with Crippen LogP contribution in [0.5, 0.6) is 0 Å². The zero-order valence-corrected chi connectivity index (χ0v) is 15.5. The molecule has 0 atom stereocenters. The van der Waals surface area contributed by atoms with Crippen molar-refractivity contribution in [1.82, 2.24) is 14.7 Å². The van der Waals surface area contributed by atoms with E-state index in [2.05, 4.69) is 51.4 Å². The number of nitrogens with one attached hydrogen (secondary N) is 1. The third-order valence-corrected chi connectivity index (χ3v) is 4.93. The van der Waals surface area contributed by atoms with Gasteiger partial charge in [0.1, 0.15) is 5.02 Å². The fourth-order valence-corrected chi connectivity index (χ4v) is 3.27. The molecule has 3 rings (SSSR count). The number of rotatable bonds is 5. The number of aromatic nitrogens is 2. The highest BCUT2D eigenvalue weighted by Gasteiger charge is 2.17. The normalized spacial score (nSPS) is 15.4. The van der Waals surface area contributed by atoms with Gasteiger partial charge in [0.05, 0.1) is 11.9 Å². The summed E-state index contributed by atoms with van der Waals surface area (Å²) in [6, 6.07) is 8.66. The van der Waals surface area contributed by atoms with Crippen LogP contribution in [0.25, 0.3) is 0 Å². The highest BCUT2D eigenvalue weighted by molar-refractivity contribution is 6.32. The lowest BCUT2D eigenvalue weighted by molar-refractivity contribution is 0.267. The Bertz CT molecular complexity index is 783. The van der Waals surface area contributed by atoms with E-state index in [1.165, 1.54) is 15.9 Å². The second-order valence-electron chi connectivity index (χ2n) is 6.40. The highest BCUT2D eigenvalue weighted by atomic mass is 35.5. The molecule has 0 saturated carbocycles. The maximum atomic E-state index is 11.8. The van der Waals surface area contributed by atoms with Gasteiger partial charge in [0.15, 0.2) is 0 Å². The predicted octanol–water partition coefficient (Wildman–Crippen LogP) is 1.98. The molecule has 0 unspecified atom stereocenters. The van der Waals surface area contributed by atoms with E-state index in [0.717, 1.165) is 39.3 Å². The largest absolute Gasteiger partial charge is 0.381 e. The van der Waals surface area contributed by atoms with Crippen LogP contribution in [0.4, 0.5) is 11.4 Å². The van der Waals surface area contributed by atoms with Gasteiger partial charge in [-0.2, -0.15) is 5.10 Å². The molecule has 0 spiro atoms. The number of hydrogen-bond donors (Lipinski definition) is 1. The number of hydrogen-bond acceptors (Lipinski definition) is 5. The molecule has 0 aliphatic carbocycles. The van der Waals surface area contributed by atoms with E-state index in [1.807, 2.05) is 0 Å². The topological polar surface area (TPSA) is 53.4 Å². The van der Waals surface area contributed by atoms with Crippen LogP contribution in [0.2, 0.25) is 5.02 Å². The molecule has 2 aromatic rings. The summed E-state index contributed by atoms with van der Waals surface area (Å²) in [5, 5.41) is 7.40. The van der Waals surface area contributed by atoms with Crippen LogP contribution >= 0.6 is 11.6 Å². The first-order valence-corrected chi connectivity index (χ1v) is 8.92. The Morgan fingerprint density at radius 2 is 2.00 bits per heavy atom. The van der Waals surface area contributed by atoms with E-state index in [1.54, 1.807) is 13.2 Å². The minimum Gasteiger partial charge on any atom is -0.381 e. The Hall–Kier alpha value is -2.05. The van der Waals surface area contributed by atoms with Crippen molar-refractivity contribution < 1.29 is 0 Å². The van der Waals surface area contributed by atoms with Gasteiger partial charge < -0.3 is 10.2 Å². The van der Waals surface area contributed by atoms with Gasteiger partial charge in [-0.25, -0.2) is 4.68 Å². The lowest BCUT2D eigenvalue weighted by atomic mass is 10.2. The van der Waals surface area contributed by atoms with Gasteiger partial charge in [-0.1, -0.05) is 23.7 Å². The molecule has 1 aromatic heterocycles. The zero-order chi connectivity index (χ0) is 17.8. The summed E-state index contributed by atoms with van der Waals surface area (Å²) in [4.78, 5) is 16.6. The quantitative estimate of drug-likeness (QED) is 0.882. The van der Waals surface area contributed by atoms with E-state index in [0.29, 0.717) is 5.69 Å². The molecule has 2 heterocycles. The lowest BCUT2D eigenvalue weighted by Gasteiger charge is -2.36. The number of anilines is 2. The fourth-order valence-electron chi connectivity index (χ4n) is 3.04. The third kappa shape index (κ3) is 4.32. The molecule has 1 fully saturated rings. The predicted molar refractivity (Wildman–Crippen MR) is 103 cm³/mol. The summed E-state index contributed by atoms with van der Waals surface area (Å²) in [7, 11) is 1.59. The van der Waals surface area contributed by atoms with Gasteiger partial charge >= 0.3 is 0 Å². The molecule has 0 radical (unpaired) electrons. The first-order valence-electron chi connectivity index (χ1n) is 8.54. The maximum absolute atomic E-state index is 11.8. The van der Waals surface area contributed by atoms with Crippen molar-refractivity contribution in [2.45, 2.75) is 6.92 Å². The number of nitrogens with zero attached hydrogens (tertiary/aromatic N) is 4. The van der Waals surface area contributed by atoms with Crippen LogP contribution in [-0.2, 0) is 7.05 Å². The van der Waals surface area contributed by atoms with E-state index < -0.39 is 0 Å². The van der Waals surface area contributed by atoms with Crippen LogP contribution in [0.3, 0.4) is 0 Å². The summed E-state index contributed by atoms with van der Waals surface area (Å²) < 4.78 is 1.23. The molecule has 7 heteroatoms. The third-order valence-electron chi connectivity index (χ3n) is 4.56. The van der Waals surface area contributed by atoms with Crippen molar-refractivity contribution in [3.05, 3.63) is 51.4 Å². The lowest BCUT2D eigenvalue weighted by Crippen LogP contribution is -2.47. The molecule has 25 heavy (non-hydrogen) atoms. The second kappa shape index (κ2) is 7.89. The average molecular weight is 362 g/mol. The number of aryl methyl sites for hydroxylation is 2. The molecule has 0 bridgehead atoms. The zero-order valence-electron chi connectivity index (χ0n) is 14.7. The van der Waals surface area contributed by atoms with E-state index >= 15 is 0 Å². The monoisotopic (exact) mass is 361 g/mol. The molecule has 6 nitrogen and oxygen atoms in total. The average Bonchev–Trinajstić information content (AvgIpc) is 2.62. The second-order valence-corrected chi connectivity index (χ2v) is 6.77.